The molecule has 36 heavy (non-hydrogen) atoms. The van der Waals surface area contributed by atoms with Crippen molar-refractivity contribution in [3.05, 3.63) is 59.7 Å². The molecule has 6 rings (SSSR count). The van der Waals surface area contributed by atoms with Gasteiger partial charge < -0.3 is 14.6 Å². The monoisotopic (exact) mass is 485 g/mol. The fourth-order valence-electron chi connectivity index (χ4n) is 6.84. The maximum absolute atomic E-state index is 13.8. The Kier molecular flexibility index (Phi) is 6.30. The number of piperazine rings is 1. The molecule has 1 saturated carbocycles. The van der Waals surface area contributed by atoms with E-state index in [9.17, 15) is 14.7 Å². The Hall–Kier alpha value is -3.12. The molecule has 1 aliphatic carbocycles. The number of hydrogen-bond acceptors (Lipinski definition) is 3. The minimum absolute atomic E-state index is 0.131. The summed E-state index contributed by atoms with van der Waals surface area (Å²) in [6.45, 7) is 3.91. The Morgan fingerprint density at radius 2 is 1.69 bits per heavy atom. The highest BCUT2D eigenvalue weighted by Crippen LogP contribution is 2.44. The summed E-state index contributed by atoms with van der Waals surface area (Å²) < 4.78 is 2.13. The van der Waals surface area contributed by atoms with Crippen LogP contribution in [0.1, 0.15) is 66.8 Å². The lowest BCUT2D eigenvalue weighted by Crippen LogP contribution is -2.52. The molecule has 188 valence electrons. The summed E-state index contributed by atoms with van der Waals surface area (Å²) in [6, 6.07) is 16.3. The molecule has 1 aromatic heterocycles. The summed E-state index contributed by atoms with van der Waals surface area (Å²) in [5, 5.41) is 10.9. The molecular formula is C30H35N3O3. The predicted molar refractivity (Wildman–Crippen MR) is 141 cm³/mol. The van der Waals surface area contributed by atoms with Gasteiger partial charge in [-0.15, -0.1) is 0 Å². The first-order valence-corrected chi connectivity index (χ1v) is 13.6. The van der Waals surface area contributed by atoms with Gasteiger partial charge in [0.25, 0.3) is 0 Å². The molecule has 1 unspecified atom stereocenters. The zero-order valence-corrected chi connectivity index (χ0v) is 20.9. The molecule has 6 heteroatoms. The number of rotatable bonds is 5. The third kappa shape index (κ3) is 4.21. The number of amides is 1. The highest BCUT2D eigenvalue weighted by atomic mass is 16.4. The molecule has 3 aromatic rings. The van der Waals surface area contributed by atoms with Gasteiger partial charge in [0.1, 0.15) is 6.54 Å². The third-order valence-corrected chi connectivity index (χ3v) is 8.64. The van der Waals surface area contributed by atoms with Gasteiger partial charge in [-0.25, -0.2) is 4.79 Å². The van der Waals surface area contributed by atoms with Gasteiger partial charge in [0, 0.05) is 31.1 Å². The molecule has 2 saturated heterocycles. The summed E-state index contributed by atoms with van der Waals surface area (Å²) in [5.74, 6) is -0.383. The highest BCUT2D eigenvalue weighted by molar-refractivity contribution is 5.99. The Labute approximate surface area is 212 Å². The van der Waals surface area contributed by atoms with Crippen molar-refractivity contribution in [2.24, 2.45) is 0 Å². The predicted octanol–water partition coefficient (Wildman–Crippen LogP) is 5.36. The third-order valence-electron chi connectivity index (χ3n) is 8.64. The van der Waals surface area contributed by atoms with Crippen LogP contribution in [-0.4, -0.2) is 63.6 Å². The van der Waals surface area contributed by atoms with E-state index in [-0.39, 0.29) is 18.0 Å². The molecule has 1 amide bonds. The fourth-order valence-corrected chi connectivity index (χ4v) is 6.84. The minimum atomic E-state index is -0.936. The molecule has 1 N–H and O–H groups in total. The number of carbonyl (C=O) groups excluding carboxylic acids is 1. The van der Waals surface area contributed by atoms with Crippen molar-refractivity contribution < 1.29 is 14.7 Å². The van der Waals surface area contributed by atoms with E-state index in [0.29, 0.717) is 12.0 Å². The highest BCUT2D eigenvalue weighted by Gasteiger charge is 2.33. The van der Waals surface area contributed by atoms with Crippen LogP contribution in [0.5, 0.6) is 0 Å². The zero-order chi connectivity index (χ0) is 24.6. The summed E-state index contributed by atoms with van der Waals surface area (Å²) in [4.78, 5) is 30.2. The first-order valence-electron chi connectivity index (χ1n) is 13.6. The molecule has 3 fully saturated rings. The number of hydrogen-bond donors (Lipinski definition) is 1. The molecule has 3 aliphatic rings. The lowest BCUT2D eigenvalue weighted by atomic mass is 9.82. The average molecular weight is 486 g/mol. The maximum atomic E-state index is 13.8. The van der Waals surface area contributed by atoms with Crippen molar-refractivity contribution in [1.82, 2.24) is 14.4 Å². The fraction of sp³-hybridized carbons (Fsp3) is 0.467. The summed E-state index contributed by atoms with van der Waals surface area (Å²) in [6.07, 6.45) is 8.35. The lowest BCUT2D eigenvalue weighted by Gasteiger charge is -2.37. The van der Waals surface area contributed by atoms with E-state index in [1.165, 1.54) is 37.7 Å². The van der Waals surface area contributed by atoms with Crippen molar-refractivity contribution in [3.8, 4) is 11.3 Å². The van der Waals surface area contributed by atoms with Crippen LogP contribution in [-0.2, 0) is 11.3 Å². The summed E-state index contributed by atoms with van der Waals surface area (Å²) in [7, 11) is 0. The number of aromatic nitrogens is 1. The van der Waals surface area contributed by atoms with Gasteiger partial charge in [-0.2, -0.15) is 0 Å². The number of aromatic carboxylic acids is 1. The van der Waals surface area contributed by atoms with Crippen molar-refractivity contribution >= 4 is 22.8 Å². The molecule has 0 bridgehead atoms. The van der Waals surface area contributed by atoms with Crippen LogP contribution in [0.15, 0.2) is 48.5 Å². The van der Waals surface area contributed by atoms with E-state index in [1.807, 2.05) is 29.2 Å². The molecule has 6 nitrogen and oxygen atoms in total. The molecule has 3 heterocycles. The van der Waals surface area contributed by atoms with Gasteiger partial charge in [0.15, 0.2) is 0 Å². The number of carbonyl (C=O) groups is 2. The van der Waals surface area contributed by atoms with E-state index in [2.05, 4.69) is 21.6 Å². The van der Waals surface area contributed by atoms with Gasteiger partial charge in [-0.1, -0.05) is 55.7 Å². The van der Waals surface area contributed by atoms with Crippen LogP contribution in [0.3, 0.4) is 0 Å². The number of nitrogens with zero attached hydrogens (tertiary/aromatic N) is 3. The van der Waals surface area contributed by atoms with Gasteiger partial charge in [-0.05, 0) is 61.4 Å². The summed E-state index contributed by atoms with van der Waals surface area (Å²) in [5.41, 5.74) is 4.61. The normalized spacial score (nSPS) is 21.1. The Balaban J connectivity index is 1.47. The smallest absolute Gasteiger partial charge is 0.335 e. The first-order chi connectivity index (χ1) is 17.6. The van der Waals surface area contributed by atoms with Crippen LogP contribution in [0.2, 0.25) is 0 Å². The largest absolute Gasteiger partial charge is 0.478 e. The second kappa shape index (κ2) is 9.74. The van der Waals surface area contributed by atoms with Crippen molar-refractivity contribution in [2.45, 2.75) is 63.5 Å². The lowest BCUT2D eigenvalue weighted by molar-refractivity contribution is -0.134. The summed E-state index contributed by atoms with van der Waals surface area (Å²) >= 11 is 0. The molecule has 0 radical (unpaired) electrons. The first kappa shape index (κ1) is 23.3. The molecule has 0 spiro atoms. The minimum Gasteiger partial charge on any atom is -0.478 e. The van der Waals surface area contributed by atoms with Gasteiger partial charge >= 0.3 is 5.97 Å². The maximum Gasteiger partial charge on any atom is 0.335 e. The van der Waals surface area contributed by atoms with Crippen LogP contribution in [0, 0.1) is 0 Å². The van der Waals surface area contributed by atoms with E-state index < -0.39 is 5.97 Å². The van der Waals surface area contributed by atoms with E-state index in [0.717, 1.165) is 61.2 Å². The standard InChI is InChI=1S/C30H35N3O3/c34-27(32-17-16-31-15-7-12-24(31)19-32)20-33-26-18-23(30(35)36)13-14-25(26)28(21-8-3-1-4-9-21)29(33)22-10-5-2-6-11-22/h2,5-6,10-11,13-14,18,21,24H,1,3-4,7-9,12,15-17,19-20H2,(H,35,36). The van der Waals surface area contributed by atoms with Crippen LogP contribution in [0.4, 0.5) is 0 Å². The topological polar surface area (TPSA) is 65.8 Å². The van der Waals surface area contributed by atoms with E-state index in [4.69, 9.17) is 0 Å². The van der Waals surface area contributed by atoms with E-state index in [1.54, 1.807) is 12.1 Å². The van der Waals surface area contributed by atoms with Crippen molar-refractivity contribution in [2.75, 3.05) is 26.2 Å². The number of benzene rings is 2. The quantitative estimate of drug-likeness (QED) is 0.528. The number of carboxylic acids is 1. The van der Waals surface area contributed by atoms with Crippen LogP contribution in [0.25, 0.3) is 22.2 Å². The van der Waals surface area contributed by atoms with Crippen molar-refractivity contribution in [1.29, 1.82) is 0 Å². The van der Waals surface area contributed by atoms with Crippen LogP contribution >= 0.6 is 0 Å². The van der Waals surface area contributed by atoms with Gasteiger partial charge in [-0.3, -0.25) is 9.69 Å². The van der Waals surface area contributed by atoms with Crippen molar-refractivity contribution in [3.63, 3.8) is 0 Å². The SMILES string of the molecule is O=C(O)c1ccc2c(C3CCCCC3)c(-c3ccccc3)n(CC(=O)N3CCN4CCCC4C3)c2c1. The molecular weight excluding hydrogens is 450 g/mol. The Bertz CT molecular complexity index is 1280. The number of fused-ring (bicyclic) bond motifs is 2. The number of carboxylic acid groups (broad SMARTS) is 1. The molecule has 2 aliphatic heterocycles. The van der Waals surface area contributed by atoms with Crippen LogP contribution < -0.4 is 0 Å². The Morgan fingerprint density at radius 1 is 0.889 bits per heavy atom. The second-order valence-electron chi connectivity index (χ2n) is 10.8. The zero-order valence-electron chi connectivity index (χ0n) is 20.9. The van der Waals surface area contributed by atoms with E-state index >= 15 is 0 Å². The van der Waals surface area contributed by atoms with Gasteiger partial charge in [0.05, 0.1) is 16.8 Å². The molecule has 1 atom stereocenters. The average Bonchev–Trinajstić information content (AvgIpc) is 3.51. The van der Waals surface area contributed by atoms with Gasteiger partial charge in [0.2, 0.25) is 5.91 Å². The Morgan fingerprint density at radius 3 is 2.47 bits per heavy atom. The molecule has 2 aromatic carbocycles. The second-order valence-corrected chi connectivity index (χ2v) is 10.8.